The Morgan fingerprint density at radius 1 is 0.707 bits per heavy atom. The molecule has 1 unspecified atom stereocenters. The molecule has 0 amide bonds. The first kappa shape index (κ1) is 24.0. The van der Waals surface area contributed by atoms with Gasteiger partial charge in [0, 0.05) is 45.2 Å². The van der Waals surface area contributed by atoms with E-state index in [9.17, 15) is 0 Å². The summed E-state index contributed by atoms with van der Waals surface area (Å²) in [5.41, 5.74) is 12.0. The van der Waals surface area contributed by atoms with Crippen molar-refractivity contribution in [3.63, 3.8) is 0 Å². The van der Waals surface area contributed by atoms with Gasteiger partial charge in [-0.3, -0.25) is 0 Å². The van der Waals surface area contributed by atoms with Gasteiger partial charge in [-0.15, -0.1) is 0 Å². The average molecular weight is 530 g/mol. The first-order valence-electron chi connectivity index (χ1n) is 14.5. The highest BCUT2D eigenvalue weighted by Gasteiger charge is 2.37. The van der Waals surface area contributed by atoms with Gasteiger partial charge in [-0.25, -0.2) is 0 Å². The maximum atomic E-state index is 6.59. The van der Waals surface area contributed by atoms with E-state index in [1.807, 2.05) is 0 Å². The number of fused-ring (bicyclic) bond motifs is 7. The lowest BCUT2D eigenvalue weighted by molar-refractivity contribution is 0.656. The van der Waals surface area contributed by atoms with Gasteiger partial charge >= 0.3 is 0 Å². The van der Waals surface area contributed by atoms with Gasteiger partial charge in [0.15, 0.2) is 0 Å². The molecule has 2 aliphatic rings. The van der Waals surface area contributed by atoms with Crippen LogP contribution in [0, 0.1) is 0 Å². The number of allylic oxidation sites excluding steroid dienone is 3. The molecule has 2 aliphatic carbocycles. The number of para-hydroxylation sites is 1. The van der Waals surface area contributed by atoms with E-state index in [0.29, 0.717) is 5.92 Å². The summed E-state index contributed by atoms with van der Waals surface area (Å²) in [5, 5.41) is 2.38. The molecule has 198 valence electrons. The number of hydrogen-bond donors (Lipinski definition) is 0. The van der Waals surface area contributed by atoms with Gasteiger partial charge in [0.2, 0.25) is 0 Å². The van der Waals surface area contributed by atoms with E-state index in [1.54, 1.807) is 0 Å². The fraction of sp³-hybridized carbons (Fsp3) is 0.128. The fourth-order valence-corrected chi connectivity index (χ4v) is 6.93. The zero-order chi connectivity index (χ0) is 27.6. The van der Waals surface area contributed by atoms with Crippen LogP contribution in [0.3, 0.4) is 0 Å². The van der Waals surface area contributed by atoms with E-state index >= 15 is 0 Å². The molecule has 1 aromatic heterocycles. The van der Waals surface area contributed by atoms with Crippen LogP contribution in [0.1, 0.15) is 42.9 Å². The summed E-state index contributed by atoms with van der Waals surface area (Å²) in [5.74, 6) is 0.393. The molecule has 2 heteroatoms. The lowest BCUT2D eigenvalue weighted by atomic mass is 9.82. The number of rotatable bonds is 4. The predicted octanol–water partition coefficient (Wildman–Crippen LogP) is 10.7. The molecular formula is C39H31NO. The lowest BCUT2D eigenvalue weighted by Crippen LogP contribution is -2.17. The Hall–Kier alpha value is -4.82. The summed E-state index contributed by atoms with van der Waals surface area (Å²) >= 11 is 0. The van der Waals surface area contributed by atoms with Gasteiger partial charge in [0.25, 0.3) is 0 Å². The van der Waals surface area contributed by atoms with E-state index in [1.165, 1.54) is 44.3 Å². The molecule has 0 saturated carbocycles. The van der Waals surface area contributed by atoms with Crippen molar-refractivity contribution in [1.82, 2.24) is 0 Å². The second kappa shape index (κ2) is 9.11. The monoisotopic (exact) mass is 529 g/mol. The summed E-state index contributed by atoms with van der Waals surface area (Å²) in [6.45, 7) is 4.66. The molecule has 1 heterocycles. The maximum absolute atomic E-state index is 6.59. The Balaban J connectivity index is 1.26. The second-order valence-electron chi connectivity index (χ2n) is 11.7. The Kier molecular flexibility index (Phi) is 5.33. The van der Waals surface area contributed by atoms with E-state index in [0.717, 1.165) is 29.0 Å². The normalized spacial score (nSPS) is 16.9. The van der Waals surface area contributed by atoms with Crippen LogP contribution >= 0.6 is 0 Å². The highest BCUT2D eigenvalue weighted by Crippen LogP contribution is 2.53. The standard InChI is InChI=1S/C39H31NO/c1-39(2)33-16-10-9-15-31(33)37-34(39)23-24-35-38(37)32-22-21-30(25-36(32)41-35)40(28-13-7-4-8-14-28)29-19-17-27(18-20-29)26-11-5-3-6-12-26/h3-17,19-25,27H,18H2,1-2H3. The van der Waals surface area contributed by atoms with Gasteiger partial charge in [-0.1, -0.05) is 105 Å². The second-order valence-corrected chi connectivity index (χ2v) is 11.7. The largest absolute Gasteiger partial charge is 0.456 e. The van der Waals surface area contributed by atoms with Crippen LogP contribution in [-0.2, 0) is 5.41 Å². The zero-order valence-electron chi connectivity index (χ0n) is 23.3. The van der Waals surface area contributed by atoms with Crippen LogP contribution in [0.2, 0.25) is 0 Å². The third kappa shape index (κ3) is 3.71. The first-order chi connectivity index (χ1) is 20.1. The Bertz CT molecular complexity index is 1990. The van der Waals surface area contributed by atoms with Crippen LogP contribution in [-0.4, -0.2) is 0 Å². The lowest BCUT2D eigenvalue weighted by Gasteiger charge is -2.29. The highest BCUT2D eigenvalue weighted by atomic mass is 16.3. The minimum atomic E-state index is -0.0365. The van der Waals surface area contributed by atoms with Crippen molar-refractivity contribution in [2.45, 2.75) is 31.6 Å². The SMILES string of the molecule is CC1(C)c2ccccc2-c2c1ccc1oc3cc(N(C4=CCC(c5ccccc5)C=C4)c4ccccc4)ccc3c21. The molecular weight excluding hydrogens is 498 g/mol. The molecule has 5 aromatic carbocycles. The van der Waals surface area contributed by atoms with Gasteiger partial charge in [0.05, 0.1) is 0 Å². The van der Waals surface area contributed by atoms with Gasteiger partial charge in [-0.2, -0.15) is 0 Å². The summed E-state index contributed by atoms with van der Waals surface area (Å²) in [6, 6.07) is 41.3. The van der Waals surface area contributed by atoms with Crippen molar-refractivity contribution in [3.8, 4) is 11.1 Å². The minimum Gasteiger partial charge on any atom is -0.456 e. The minimum absolute atomic E-state index is 0.0365. The number of furan rings is 1. The number of anilines is 2. The fourth-order valence-electron chi connectivity index (χ4n) is 6.93. The molecule has 0 aliphatic heterocycles. The molecule has 0 N–H and O–H groups in total. The molecule has 41 heavy (non-hydrogen) atoms. The molecule has 0 fully saturated rings. The van der Waals surface area contributed by atoms with E-state index in [-0.39, 0.29) is 5.41 Å². The molecule has 0 spiro atoms. The third-order valence-electron chi connectivity index (χ3n) is 9.00. The highest BCUT2D eigenvalue weighted by molar-refractivity contribution is 6.15. The first-order valence-corrected chi connectivity index (χ1v) is 14.5. The smallest absolute Gasteiger partial charge is 0.137 e. The summed E-state index contributed by atoms with van der Waals surface area (Å²) < 4.78 is 6.59. The molecule has 1 atom stereocenters. The van der Waals surface area contributed by atoms with Crippen LogP contribution in [0.5, 0.6) is 0 Å². The molecule has 8 rings (SSSR count). The van der Waals surface area contributed by atoms with Gasteiger partial charge in [-0.05, 0) is 70.6 Å². The maximum Gasteiger partial charge on any atom is 0.137 e. The summed E-state index contributed by atoms with van der Waals surface area (Å²) in [4.78, 5) is 2.34. The summed E-state index contributed by atoms with van der Waals surface area (Å²) in [6.07, 6.45) is 7.93. The number of nitrogens with zero attached hydrogens (tertiary/aromatic N) is 1. The van der Waals surface area contributed by atoms with Gasteiger partial charge < -0.3 is 9.32 Å². The molecule has 0 bridgehead atoms. The van der Waals surface area contributed by atoms with E-state index < -0.39 is 0 Å². The van der Waals surface area contributed by atoms with Crippen molar-refractivity contribution in [2.75, 3.05) is 4.90 Å². The van der Waals surface area contributed by atoms with Crippen molar-refractivity contribution < 1.29 is 4.42 Å². The third-order valence-corrected chi connectivity index (χ3v) is 9.00. The van der Waals surface area contributed by atoms with Crippen LogP contribution < -0.4 is 4.90 Å². The number of hydrogen-bond acceptors (Lipinski definition) is 2. The van der Waals surface area contributed by atoms with Crippen molar-refractivity contribution in [2.24, 2.45) is 0 Å². The Labute approximate surface area is 240 Å². The molecule has 0 radical (unpaired) electrons. The Morgan fingerprint density at radius 2 is 1.46 bits per heavy atom. The Morgan fingerprint density at radius 3 is 2.24 bits per heavy atom. The van der Waals surface area contributed by atoms with Crippen LogP contribution in [0.4, 0.5) is 11.4 Å². The number of benzene rings is 5. The van der Waals surface area contributed by atoms with Crippen LogP contribution in [0.25, 0.3) is 33.1 Å². The molecule has 0 saturated heterocycles. The molecule has 6 aromatic rings. The van der Waals surface area contributed by atoms with Crippen molar-refractivity contribution in [3.05, 3.63) is 156 Å². The van der Waals surface area contributed by atoms with E-state index in [4.69, 9.17) is 4.42 Å². The zero-order valence-corrected chi connectivity index (χ0v) is 23.3. The average Bonchev–Trinajstić information content (AvgIpc) is 3.50. The van der Waals surface area contributed by atoms with E-state index in [2.05, 4.69) is 152 Å². The van der Waals surface area contributed by atoms with Gasteiger partial charge in [0.1, 0.15) is 11.2 Å². The topological polar surface area (TPSA) is 16.4 Å². The van der Waals surface area contributed by atoms with Crippen molar-refractivity contribution >= 4 is 33.3 Å². The predicted molar refractivity (Wildman–Crippen MR) is 171 cm³/mol. The molecule has 2 nitrogen and oxygen atoms in total. The summed E-state index contributed by atoms with van der Waals surface area (Å²) in [7, 11) is 0. The van der Waals surface area contributed by atoms with Crippen molar-refractivity contribution in [1.29, 1.82) is 0 Å². The quantitative estimate of drug-likeness (QED) is 0.226. The van der Waals surface area contributed by atoms with Crippen LogP contribution in [0.15, 0.2) is 144 Å².